The van der Waals surface area contributed by atoms with Gasteiger partial charge in [0.25, 0.3) is 5.91 Å². The molecule has 6 heteroatoms. The van der Waals surface area contributed by atoms with Gasteiger partial charge in [0.05, 0.1) is 18.9 Å². The van der Waals surface area contributed by atoms with Gasteiger partial charge in [0, 0.05) is 12.7 Å². The predicted octanol–water partition coefficient (Wildman–Crippen LogP) is 2.21. The van der Waals surface area contributed by atoms with Gasteiger partial charge in [0.1, 0.15) is 0 Å². The number of methoxy groups -OCH3 is 1. The number of anilines is 1. The van der Waals surface area contributed by atoms with Crippen molar-refractivity contribution >= 4 is 17.8 Å². The normalized spacial score (nSPS) is 10.5. The van der Waals surface area contributed by atoms with Gasteiger partial charge in [-0.3, -0.25) is 4.79 Å². The maximum absolute atomic E-state index is 12.1. The summed E-state index contributed by atoms with van der Waals surface area (Å²) in [5, 5.41) is 16.4. The fourth-order valence-corrected chi connectivity index (χ4v) is 1.90. The molecule has 3 N–H and O–H groups in total. The molecule has 0 atom stereocenters. The van der Waals surface area contributed by atoms with E-state index >= 15 is 0 Å². The van der Waals surface area contributed by atoms with Gasteiger partial charge in [-0.25, -0.2) is 5.43 Å². The molecule has 0 radical (unpaired) electrons. The smallest absolute Gasteiger partial charge is 0.273 e. The summed E-state index contributed by atoms with van der Waals surface area (Å²) in [5.74, 6) is 0.0781. The quantitative estimate of drug-likeness (QED) is 0.584. The van der Waals surface area contributed by atoms with E-state index in [9.17, 15) is 9.90 Å². The highest BCUT2D eigenvalue weighted by Gasteiger charge is 2.08. The number of ether oxygens (including phenoxy) is 1. The van der Waals surface area contributed by atoms with Crippen molar-refractivity contribution in [3.05, 3.63) is 53.6 Å². The second-order valence-corrected chi connectivity index (χ2v) is 4.43. The average molecular weight is 299 g/mol. The molecule has 0 bridgehead atoms. The number of phenols is 1. The lowest BCUT2D eigenvalue weighted by Crippen LogP contribution is -2.18. The number of phenolic OH excluding ortho intramolecular Hbond substituents is 1. The van der Waals surface area contributed by atoms with Gasteiger partial charge in [0.15, 0.2) is 11.5 Å². The molecule has 6 nitrogen and oxygen atoms in total. The second kappa shape index (κ2) is 7.12. The first kappa shape index (κ1) is 15.4. The monoisotopic (exact) mass is 299 g/mol. The maximum Gasteiger partial charge on any atom is 0.273 e. The number of amides is 1. The number of benzene rings is 2. The van der Waals surface area contributed by atoms with Crippen LogP contribution in [0.3, 0.4) is 0 Å². The van der Waals surface area contributed by atoms with Crippen molar-refractivity contribution in [1.29, 1.82) is 0 Å². The van der Waals surface area contributed by atoms with E-state index < -0.39 is 0 Å². The fourth-order valence-electron chi connectivity index (χ4n) is 1.90. The summed E-state index contributed by atoms with van der Waals surface area (Å²) < 4.78 is 5.01. The highest BCUT2D eigenvalue weighted by Crippen LogP contribution is 2.25. The first-order valence-electron chi connectivity index (χ1n) is 6.63. The number of nitrogens with one attached hydrogen (secondary N) is 2. The Balaban J connectivity index is 2.07. The van der Waals surface area contributed by atoms with Gasteiger partial charge < -0.3 is 15.2 Å². The predicted molar refractivity (Wildman–Crippen MR) is 85.7 cm³/mol. The number of hydrogen-bond donors (Lipinski definition) is 3. The molecule has 1 amide bonds. The molecule has 0 aromatic heterocycles. The first-order chi connectivity index (χ1) is 10.7. The van der Waals surface area contributed by atoms with Gasteiger partial charge >= 0.3 is 0 Å². The molecular weight excluding hydrogens is 282 g/mol. The van der Waals surface area contributed by atoms with Crippen LogP contribution in [0, 0.1) is 0 Å². The minimum atomic E-state index is -0.313. The van der Waals surface area contributed by atoms with E-state index in [4.69, 9.17) is 4.74 Å². The van der Waals surface area contributed by atoms with Crippen molar-refractivity contribution in [1.82, 2.24) is 5.43 Å². The van der Waals surface area contributed by atoms with E-state index in [1.807, 2.05) is 12.1 Å². The number of para-hydroxylation sites is 1. The van der Waals surface area contributed by atoms with Crippen LogP contribution < -0.4 is 15.5 Å². The van der Waals surface area contributed by atoms with Crippen molar-refractivity contribution in [3.8, 4) is 11.5 Å². The Bertz CT molecular complexity index is 699. The lowest BCUT2D eigenvalue weighted by molar-refractivity contribution is 0.0956. The standard InChI is InChI=1S/C16H17N3O3/c1-17-13-6-4-3-5-12(13)16(21)19-18-10-11-7-8-14(20)15(9-11)22-2/h3-10,17,20H,1-2H3,(H,19,21). The highest BCUT2D eigenvalue weighted by molar-refractivity contribution is 5.99. The Hall–Kier alpha value is -3.02. The van der Waals surface area contributed by atoms with Crippen LogP contribution >= 0.6 is 0 Å². The molecule has 2 aromatic rings. The number of aromatic hydroxyl groups is 1. The van der Waals surface area contributed by atoms with Crippen LogP contribution in [0.4, 0.5) is 5.69 Å². The highest BCUT2D eigenvalue weighted by atomic mass is 16.5. The van der Waals surface area contributed by atoms with Crippen molar-refractivity contribution in [2.24, 2.45) is 5.10 Å². The molecule has 22 heavy (non-hydrogen) atoms. The second-order valence-electron chi connectivity index (χ2n) is 4.43. The number of hydrazone groups is 1. The third-order valence-electron chi connectivity index (χ3n) is 3.02. The molecule has 2 rings (SSSR count). The molecule has 0 spiro atoms. The zero-order chi connectivity index (χ0) is 15.9. The Labute approximate surface area is 128 Å². The van der Waals surface area contributed by atoms with E-state index in [0.29, 0.717) is 16.9 Å². The van der Waals surface area contributed by atoms with E-state index in [2.05, 4.69) is 15.8 Å². The van der Waals surface area contributed by atoms with Crippen molar-refractivity contribution < 1.29 is 14.6 Å². The molecular formula is C16H17N3O3. The van der Waals surface area contributed by atoms with Gasteiger partial charge in [-0.05, 0) is 35.9 Å². The van der Waals surface area contributed by atoms with E-state index in [0.717, 1.165) is 5.69 Å². The zero-order valence-electron chi connectivity index (χ0n) is 12.3. The maximum atomic E-state index is 12.1. The molecule has 2 aromatic carbocycles. The van der Waals surface area contributed by atoms with Crippen molar-refractivity contribution in [2.75, 3.05) is 19.5 Å². The molecule has 0 fully saturated rings. The Morgan fingerprint density at radius 1 is 1.27 bits per heavy atom. The minimum absolute atomic E-state index is 0.0478. The lowest BCUT2D eigenvalue weighted by atomic mass is 10.1. The van der Waals surface area contributed by atoms with Gasteiger partial charge in [0.2, 0.25) is 0 Å². The summed E-state index contributed by atoms with van der Waals surface area (Å²) in [6.07, 6.45) is 1.47. The molecule has 0 unspecified atom stereocenters. The summed E-state index contributed by atoms with van der Waals surface area (Å²) in [7, 11) is 3.21. The van der Waals surface area contributed by atoms with Crippen LogP contribution in [0.1, 0.15) is 15.9 Å². The molecule has 0 saturated carbocycles. The molecule has 0 aliphatic rings. The zero-order valence-corrected chi connectivity index (χ0v) is 12.3. The lowest BCUT2D eigenvalue weighted by Gasteiger charge is -2.07. The Morgan fingerprint density at radius 2 is 2.05 bits per heavy atom. The van der Waals surface area contributed by atoms with Crippen LogP contribution in [-0.2, 0) is 0 Å². The van der Waals surface area contributed by atoms with Gasteiger partial charge in [-0.1, -0.05) is 12.1 Å². The minimum Gasteiger partial charge on any atom is -0.504 e. The summed E-state index contributed by atoms with van der Waals surface area (Å²) in [5.41, 5.74) is 4.38. The number of hydrogen-bond acceptors (Lipinski definition) is 5. The fraction of sp³-hybridized carbons (Fsp3) is 0.125. The first-order valence-corrected chi connectivity index (χ1v) is 6.63. The molecule has 0 saturated heterocycles. The van der Waals surface area contributed by atoms with Gasteiger partial charge in [-0.15, -0.1) is 0 Å². The third-order valence-corrected chi connectivity index (χ3v) is 3.02. The SMILES string of the molecule is CNc1ccccc1C(=O)NN=Cc1ccc(O)c(OC)c1. The van der Waals surface area contributed by atoms with Crippen LogP contribution in [0.15, 0.2) is 47.6 Å². The molecule has 114 valence electrons. The molecule has 0 aliphatic heterocycles. The number of rotatable bonds is 5. The van der Waals surface area contributed by atoms with Crippen molar-refractivity contribution in [3.63, 3.8) is 0 Å². The number of nitrogens with zero attached hydrogens (tertiary/aromatic N) is 1. The molecule has 0 aliphatic carbocycles. The van der Waals surface area contributed by atoms with Crippen LogP contribution in [0.5, 0.6) is 11.5 Å². The Kier molecular flexibility index (Phi) is 4.98. The van der Waals surface area contributed by atoms with Crippen LogP contribution in [-0.4, -0.2) is 31.4 Å². The number of carbonyl (C=O) groups excluding carboxylic acids is 1. The average Bonchev–Trinajstić information content (AvgIpc) is 2.56. The summed E-state index contributed by atoms with van der Waals surface area (Å²) in [6, 6.07) is 11.9. The molecule has 0 heterocycles. The van der Waals surface area contributed by atoms with E-state index in [-0.39, 0.29) is 11.7 Å². The van der Waals surface area contributed by atoms with E-state index in [1.54, 1.807) is 31.3 Å². The summed E-state index contributed by atoms with van der Waals surface area (Å²) in [6.45, 7) is 0. The Morgan fingerprint density at radius 3 is 2.77 bits per heavy atom. The van der Waals surface area contributed by atoms with Crippen molar-refractivity contribution in [2.45, 2.75) is 0 Å². The third kappa shape index (κ3) is 3.54. The summed E-state index contributed by atoms with van der Waals surface area (Å²) >= 11 is 0. The largest absolute Gasteiger partial charge is 0.504 e. The van der Waals surface area contributed by atoms with Crippen LogP contribution in [0.2, 0.25) is 0 Å². The topological polar surface area (TPSA) is 83.0 Å². The van der Waals surface area contributed by atoms with Gasteiger partial charge in [-0.2, -0.15) is 5.10 Å². The summed E-state index contributed by atoms with van der Waals surface area (Å²) in [4.78, 5) is 12.1. The van der Waals surface area contributed by atoms with E-state index in [1.165, 1.54) is 19.4 Å². The van der Waals surface area contributed by atoms with Crippen LogP contribution in [0.25, 0.3) is 0 Å². The number of carbonyl (C=O) groups is 1.